The Morgan fingerprint density at radius 2 is 1.91 bits per heavy atom. The van der Waals surface area contributed by atoms with Crippen LogP contribution in [0.5, 0.6) is 0 Å². The fraction of sp³-hybridized carbons (Fsp3) is 0.294. The van der Waals surface area contributed by atoms with Gasteiger partial charge in [-0.2, -0.15) is 0 Å². The van der Waals surface area contributed by atoms with Crippen LogP contribution in [0.25, 0.3) is 20.8 Å². The lowest BCUT2D eigenvalue weighted by molar-refractivity contribution is 0.631. The highest BCUT2D eigenvalue weighted by atomic mass is 79.9. The monoisotopic (exact) mass is 375 g/mol. The number of aromatic nitrogens is 2. The van der Waals surface area contributed by atoms with E-state index in [0.717, 1.165) is 36.8 Å². The smallest absolute Gasteiger partial charge is 0.128 e. The average molecular weight is 376 g/mol. The molecule has 0 aliphatic carbocycles. The normalized spacial score (nSPS) is 11.9. The van der Waals surface area contributed by atoms with Crippen LogP contribution >= 0.6 is 27.3 Å². The molecule has 0 aromatic carbocycles. The van der Waals surface area contributed by atoms with Crippen LogP contribution in [0.15, 0.2) is 34.8 Å². The summed E-state index contributed by atoms with van der Waals surface area (Å²) < 4.78 is 2.21. The van der Waals surface area contributed by atoms with Crippen LogP contribution in [0.2, 0.25) is 0 Å². The van der Waals surface area contributed by atoms with E-state index >= 15 is 0 Å². The Kier molecular flexibility index (Phi) is 3.95. The SMILES string of the molecule is Cc1cccc(-c2cc3nc(NC(C)(C)C)cc(Br)c3s2)n1. The number of hydrogen-bond donors (Lipinski definition) is 1. The van der Waals surface area contributed by atoms with Crippen molar-refractivity contribution in [1.29, 1.82) is 0 Å². The van der Waals surface area contributed by atoms with Crippen LogP contribution in [-0.4, -0.2) is 15.5 Å². The van der Waals surface area contributed by atoms with Gasteiger partial charge >= 0.3 is 0 Å². The van der Waals surface area contributed by atoms with Gasteiger partial charge in [0.2, 0.25) is 0 Å². The molecule has 0 atom stereocenters. The molecule has 3 aromatic rings. The molecule has 0 saturated carbocycles. The molecule has 0 fully saturated rings. The number of anilines is 1. The molecule has 0 bridgehead atoms. The molecule has 0 aliphatic rings. The first-order valence-corrected chi connectivity index (χ1v) is 8.75. The first-order chi connectivity index (χ1) is 10.3. The standard InChI is InChI=1S/C17H18BrN3S/c1-10-6-5-7-12(19-10)14-9-13-16(22-14)11(18)8-15(20-13)21-17(2,3)4/h5-9H,1-4H3,(H,20,21). The molecule has 3 heterocycles. The second kappa shape index (κ2) is 5.63. The summed E-state index contributed by atoms with van der Waals surface area (Å²) in [5.41, 5.74) is 3.00. The summed E-state index contributed by atoms with van der Waals surface area (Å²) in [5, 5.41) is 3.42. The predicted molar refractivity (Wildman–Crippen MR) is 98.7 cm³/mol. The quantitative estimate of drug-likeness (QED) is 0.629. The minimum absolute atomic E-state index is 0.0168. The summed E-state index contributed by atoms with van der Waals surface area (Å²) in [5.74, 6) is 0.883. The van der Waals surface area contributed by atoms with E-state index in [-0.39, 0.29) is 5.54 Å². The summed E-state index contributed by atoms with van der Waals surface area (Å²) in [4.78, 5) is 10.5. The lowest BCUT2D eigenvalue weighted by atomic mass is 10.1. The number of thiophene rings is 1. The molecule has 114 valence electrons. The summed E-state index contributed by atoms with van der Waals surface area (Å²) >= 11 is 5.38. The summed E-state index contributed by atoms with van der Waals surface area (Å²) in [6, 6.07) is 10.2. The Morgan fingerprint density at radius 3 is 2.59 bits per heavy atom. The topological polar surface area (TPSA) is 37.8 Å². The van der Waals surface area contributed by atoms with Crippen LogP contribution in [0, 0.1) is 6.92 Å². The van der Waals surface area contributed by atoms with Gasteiger partial charge in [-0.15, -0.1) is 11.3 Å². The number of aryl methyl sites for hydroxylation is 1. The largest absolute Gasteiger partial charge is 0.365 e. The zero-order chi connectivity index (χ0) is 15.9. The number of hydrogen-bond acceptors (Lipinski definition) is 4. The zero-order valence-electron chi connectivity index (χ0n) is 13.1. The van der Waals surface area contributed by atoms with Crippen LogP contribution in [0.1, 0.15) is 26.5 Å². The van der Waals surface area contributed by atoms with Crippen LogP contribution in [-0.2, 0) is 0 Å². The number of nitrogens with one attached hydrogen (secondary N) is 1. The summed E-state index contributed by atoms with van der Waals surface area (Å²) in [6.45, 7) is 8.39. The van der Waals surface area contributed by atoms with Gasteiger partial charge in [0.05, 0.1) is 20.8 Å². The molecule has 1 N–H and O–H groups in total. The molecule has 5 heteroatoms. The van der Waals surface area contributed by atoms with Crippen LogP contribution in [0.4, 0.5) is 5.82 Å². The predicted octanol–water partition coefficient (Wildman–Crippen LogP) is 5.64. The van der Waals surface area contributed by atoms with Crippen molar-refractivity contribution in [2.24, 2.45) is 0 Å². The maximum Gasteiger partial charge on any atom is 0.128 e. The molecule has 0 aliphatic heterocycles. The first kappa shape index (κ1) is 15.4. The molecule has 0 unspecified atom stereocenters. The van der Waals surface area contributed by atoms with E-state index in [9.17, 15) is 0 Å². The highest BCUT2D eigenvalue weighted by Gasteiger charge is 2.14. The maximum absolute atomic E-state index is 4.73. The molecular weight excluding hydrogens is 358 g/mol. The molecule has 3 aromatic heterocycles. The Morgan fingerprint density at radius 1 is 1.14 bits per heavy atom. The molecular formula is C17H18BrN3S. The number of halogens is 1. The fourth-order valence-corrected chi connectivity index (χ4v) is 3.87. The van der Waals surface area contributed by atoms with Gasteiger partial charge in [0.1, 0.15) is 5.82 Å². The minimum atomic E-state index is -0.0168. The number of nitrogens with zero attached hydrogens (tertiary/aromatic N) is 2. The summed E-state index contributed by atoms with van der Waals surface area (Å²) in [6.07, 6.45) is 0. The minimum Gasteiger partial charge on any atom is -0.365 e. The van der Waals surface area contributed by atoms with Gasteiger partial charge in [-0.1, -0.05) is 6.07 Å². The molecule has 3 rings (SSSR count). The second-order valence-electron chi connectivity index (χ2n) is 6.35. The van der Waals surface area contributed by atoms with Crippen molar-refractivity contribution >= 4 is 43.3 Å². The van der Waals surface area contributed by atoms with Crippen LogP contribution < -0.4 is 5.32 Å². The number of rotatable bonds is 2. The lowest BCUT2D eigenvalue weighted by Gasteiger charge is -2.21. The molecule has 0 saturated heterocycles. The van der Waals surface area contributed by atoms with Gasteiger partial charge in [-0.3, -0.25) is 4.98 Å². The second-order valence-corrected chi connectivity index (χ2v) is 8.26. The van der Waals surface area contributed by atoms with Crippen molar-refractivity contribution in [3.05, 3.63) is 40.5 Å². The number of pyridine rings is 2. The Balaban J connectivity index is 2.08. The Hall–Kier alpha value is -1.46. The summed E-state index contributed by atoms with van der Waals surface area (Å²) in [7, 11) is 0. The fourth-order valence-electron chi connectivity index (χ4n) is 2.24. The Bertz CT molecular complexity index is 834. The van der Waals surface area contributed by atoms with Gasteiger partial charge < -0.3 is 5.32 Å². The van der Waals surface area contributed by atoms with Gasteiger partial charge in [0.15, 0.2) is 0 Å². The average Bonchev–Trinajstić information content (AvgIpc) is 2.81. The third kappa shape index (κ3) is 3.31. The van der Waals surface area contributed by atoms with E-state index in [1.54, 1.807) is 11.3 Å². The van der Waals surface area contributed by atoms with E-state index in [2.05, 4.69) is 53.1 Å². The highest BCUT2D eigenvalue weighted by Crippen LogP contribution is 2.37. The molecule has 3 nitrogen and oxygen atoms in total. The van der Waals surface area contributed by atoms with Crippen LogP contribution in [0.3, 0.4) is 0 Å². The van der Waals surface area contributed by atoms with Crippen molar-refractivity contribution in [3.63, 3.8) is 0 Å². The van der Waals surface area contributed by atoms with Crippen molar-refractivity contribution in [2.45, 2.75) is 33.2 Å². The lowest BCUT2D eigenvalue weighted by Crippen LogP contribution is -2.26. The Labute approximate surface area is 142 Å². The first-order valence-electron chi connectivity index (χ1n) is 7.14. The zero-order valence-corrected chi connectivity index (χ0v) is 15.5. The van der Waals surface area contributed by atoms with Gasteiger partial charge in [0.25, 0.3) is 0 Å². The van der Waals surface area contributed by atoms with E-state index < -0.39 is 0 Å². The maximum atomic E-state index is 4.73. The molecule has 22 heavy (non-hydrogen) atoms. The van der Waals surface area contributed by atoms with E-state index in [4.69, 9.17) is 4.98 Å². The molecule has 0 radical (unpaired) electrons. The third-order valence-corrected chi connectivity index (χ3v) is 5.15. The van der Waals surface area contributed by atoms with Crippen molar-refractivity contribution < 1.29 is 0 Å². The molecule has 0 amide bonds. The van der Waals surface area contributed by atoms with Gasteiger partial charge in [-0.25, -0.2) is 4.98 Å². The van der Waals surface area contributed by atoms with Crippen molar-refractivity contribution in [3.8, 4) is 10.6 Å². The highest BCUT2D eigenvalue weighted by molar-refractivity contribution is 9.10. The number of fused-ring (bicyclic) bond motifs is 1. The van der Waals surface area contributed by atoms with Crippen molar-refractivity contribution in [2.75, 3.05) is 5.32 Å². The third-order valence-electron chi connectivity index (χ3n) is 3.08. The van der Waals surface area contributed by atoms with E-state index in [1.165, 1.54) is 0 Å². The van der Waals surface area contributed by atoms with Crippen molar-refractivity contribution in [1.82, 2.24) is 9.97 Å². The van der Waals surface area contributed by atoms with E-state index in [1.807, 2.05) is 31.2 Å². The molecule has 0 spiro atoms. The van der Waals surface area contributed by atoms with E-state index in [0.29, 0.717) is 0 Å². The van der Waals surface area contributed by atoms with Gasteiger partial charge in [-0.05, 0) is 67.9 Å². The van der Waals surface area contributed by atoms with Gasteiger partial charge in [0, 0.05) is 15.7 Å².